The molecule has 0 atom stereocenters. The number of pyridine rings is 1. The third kappa shape index (κ3) is 2.49. The predicted octanol–water partition coefficient (Wildman–Crippen LogP) is 2.99. The highest BCUT2D eigenvalue weighted by Crippen LogP contribution is 2.40. The van der Waals surface area contributed by atoms with E-state index in [1.807, 2.05) is 4.90 Å². The summed E-state index contributed by atoms with van der Waals surface area (Å²) in [7, 11) is 0. The van der Waals surface area contributed by atoms with Gasteiger partial charge in [0.05, 0.1) is 23.4 Å². The van der Waals surface area contributed by atoms with Crippen molar-refractivity contribution < 1.29 is 14.4 Å². The molecule has 3 aromatic rings. The van der Waals surface area contributed by atoms with Gasteiger partial charge in [-0.2, -0.15) is 0 Å². The van der Waals surface area contributed by atoms with Crippen LogP contribution in [-0.4, -0.2) is 28.1 Å². The molecule has 4 rings (SSSR count). The molecular weight excluding hydrogens is 325 g/mol. The van der Waals surface area contributed by atoms with E-state index in [1.54, 1.807) is 30.5 Å². The predicted molar refractivity (Wildman–Crippen MR) is 90.9 cm³/mol. The van der Waals surface area contributed by atoms with Crippen molar-refractivity contribution in [2.24, 2.45) is 0 Å². The van der Waals surface area contributed by atoms with Crippen LogP contribution in [0.25, 0.3) is 10.8 Å². The van der Waals surface area contributed by atoms with Crippen LogP contribution in [0.15, 0.2) is 54.9 Å². The first-order chi connectivity index (χ1) is 12.0. The van der Waals surface area contributed by atoms with E-state index >= 15 is 0 Å². The highest BCUT2D eigenvalue weighted by molar-refractivity contribution is 5.99. The quantitative estimate of drug-likeness (QED) is 0.586. The molecule has 0 unspecified atom stereocenters. The van der Waals surface area contributed by atoms with Gasteiger partial charge in [0.25, 0.3) is 5.69 Å². The zero-order valence-corrected chi connectivity index (χ0v) is 13.1. The number of hydrogen-bond acceptors (Lipinski definition) is 5. The minimum atomic E-state index is -1.06. The zero-order valence-electron chi connectivity index (χ0n) is 13.1. The number of halogens is 1. The Hall–Kier alpha value is -3.06. The molecule has 126 valence electrons. The highest BCUT2D eigenvalue weighted by Gasteiger charge is 2.43. The summed E-state index contributed by atoms with van der Waals surface area (Å²) in [6.45, 7) is 0.654. The summed E-state index contributed by atoms with van der Waals surface area (Å²) in [5, 5.41) is 23.1. The van der Waals surface area contributed by atoms with Crippen molar-refractivity contribution >= 4 is 22.1 Å². The number of non-ortho nitro benzene ring substituents is 1. The second-order valence-corrected chi connectivity index (χ2v) is 6.18. The number of aromatic nitrogens is 1. The molecule has 1 aliphatic rings. The van der Waals surface area contributed by atoms with E-state index in [9.17, 15) is 19.6 Å². The molecule has 7 heteroatoms. The van der Waals surface area contributed by atoms with E-state index < -0.39 is 10.5 Å². The molecular formula is C18H14FN3O3. The monoisotopic (exact) mass is 339 g/mol. The van der Waals surface area contributed by atoms with Crippen LogP contribution in [-0.2, 0) is 5.60 Å². The lowest BCUT2D eigenvalue weighted by Gasteiger charge is -2.48. The molecule has 2 aromatic carbocycles. The molecule has 0 aliphatic carbocycles. The summed E-state index contributed by atoms with van der Waals surface area (Å²) in [6, 6.07) is 10.7. The number of nitro groups is 1. The summed E-state index contributed by atoms with van der Waals surface area (Å²) in [6.07, 6.45) is 3.06. The summed E-state index contributed by atoms with van der Waals surface area (Å²) >= 11 is 0. The number of hydrogen-bond donors (Lipinski definition) is 1. The van der Waals surface area contributed by atoms with Crippen molar-refractivity contribution in [1.29, 1.82) is 0 Å². The van der Waals surface area contributed by atoms with E-state index in [2.05, 4.69) is 4.98 Å². The Labute approximate surface area is 142 Å². The van der Waals surface area contributed by atoms with Crippen molar-refractivity contribution in [2.45, 2.75) is 5.60 Å². The van der Waals surface area contributed by atoms with Gasteiger partial charge in [0.1, 0.15) is 11.4 Å². The Bertz CT molecular complexity index is 969. The Kier molecular flexibility index (Phi) is 3.40. The molecule has 0 saturated carbocycles. The van der Waals surface area contributed by atoms with Crippen molar-refractivity contribution in [3.05, 3.63) is 76.4 Å². The molecule has 0 spiro atoms. The number of nitro benzene ring substituents is 1. The molecule has 1 fully saturated rings. The Morgan fingerprint density at radius 3 is 2.52 bits per heavy atom. The first kappa shape index (κ1) is 15.5. The number of aliphatic hydroxyl groups is 1. The minimum Gasteiger partial charge on any atom is -0.381 e. The summed E-state index contributed by atoms with van der Waals surface area (Å²) in [4.78, 5) is 16.7. The zero-order chi connectivity index (χ0) is 17.6. The molecule has 6 nitrogen and oxygen atoms in total. The van der Waals surface area contributed by atoms with E-state index in [1.165, 1.54) is 24.4 Å². The van der Waals surface area contributed by atoms with Gasteiger partial charge in [0.15, 0.2) is 0 Å². The van der Waals surface area contributed by atoms with Crippen LogP contribution < -0.4 is 4.90 Å². The average molecular weight is 339 g/mol. The van der Waals surface area contributed by atoms with Gasteiger partial charge in [-0.25, -0.2) is 4.39 Å². The molecule has 1 aliphatic heterocycles. The van der Waals surface area contributed by atoms with Crippen molar-refractivity contribution in [1.82, 2.24) is 4.98 Å². The summed E-state index contributed by atoms with van der Waals surface area (Å²) in [5.74, 6) is -0.350. The van der Waals surface area contributed by atoms with Crippen LogP contribution in [0.2, 0.25) is 0 Å². The fourth-order valence-electron chi connectivity index (χ4n) is 3.29. The molecule has 0 amide bonds. The average Bonchev–Trinajstić information content (AvgIpc) is 2.58. The number of nitrogens with zero attached hydrogens (tertiary/aromatic N) is 3. The maximum Gasteiger partial charge on any atom is 0.278 e. The lowest BCUT2D eigenvalue weighted by atomic mass is 9.85. The number of fused-ring (bicyclic) bond motifs is 1. The highest BCUT2D eigenvalue weighted by atomic mass is 19.1. The minimum absolute atomic E-state index is 0.00108. The maximum atomic E-state index is 13.1. The second-order valence-electron chi connectivity index (χ2n) is 6.18. The standard InChI is InChI=1S/C18H14FN3O3/c19-13-3-1-12(2-4-13)18(23)10-21(11-18)16-5-6-17(22(24)25)15-9-20-8-7-14(15)16/h1-9,23H,10-11H2. The Morgan fingerprint density at radius 1 is 1.12 bits per heavy atom. The maximum absolute atomic E-state index is 13.1. The van der Waals surface area contributed by atoms with Crippen LogP contribution in [0, 0.1) is 15.9 Å². The molecule has 1 aromatic heterocycles. The van der Waals surface area contributed by atoms with Gasteiger partial charge in [-0.15, -0.1) is 0 Å². The number of anilines is 1. The molecule has 1 saturated heterocycles. The lowest BCUT2D eigenvalue weighted by Crippen LogP contribution is -2.59. The molecule has 0 radical (unpaired) electrons. The van der Waals surface area contributed by atoms with Crippen molar-refractivity contribution in [3.63, 3.8) is 0 Å². The van der Waals surface area contributed by atoms with Crippen molar-refractivity contribution in [2.75, 3.05) is 18.0 Å². The van der Waals surface area contributed by atoms with Gasteiger partial charge in [-0.3, -0.25) is 15.1 Å². The number of rotatable bonds is 3. The van der Waals surface area contributed by atoms with Gasteiger partial charge >= 0.3 is 0 Å². The number of benzene rings is 2. The molecule has 25 heavy (non-hydrogen) atoms. The van der Waals surface area contributed by atoms with E-state index in [0.29, 0.717) is 29.4 Å². The second kappa shape index (κ2) is 5.49. The van der Waals surface area contributed by atoms with Crippen LogP contribution in [0.1, 0.15) is 5.56 Å². The molecule has 0 bridgehead atoms. The third-order valence-electron chi connectivity index (χ3n) is 4.60. The molecule has 2 heterocycles. The smallest absolute Gasteiger partial charge is 0.278 e. The van der Waals surface area contributed by atoms with Gasteiger partial charge in [0, 0.05) is 29.5 Å². The Morgan fingerprint density at radius 2 is 1.84 bits per heavy atom. The van der Waals surface area contributed by atoms with Gasteiger partial charge in [-0.1, -0.05) is 12.1 Å². The fraction of sp³-hybridized carbons (Fsp3) is 0.167. The summed E-state index contributed by atoms with van der Waals surface area (Å²) < 4.78 is 13.1. The Balaban J connectivity index is 1.68. The molecule has 1 N–H and O–H groups in total. The van der Waals surface area contributed by atoms with Gasteiger partial charge in [-0.05, 0) is 29.8 Å². The normalized spacial score (nSPS) is 15.8. The fourth-order valence-corrected chi connectivity index (χ4v) is 3.29. The third-order valence-corrected chi connectivity index (χ3v) is 4.60. The van der Waals surface area contributed by atoms with Crippen LogP contribution in [0.5, 0.6) is 0 Å². The van der Waals surface area contributed by atoms with Gasteiger partial charge < -0.3 is 10.0 Å². The van der Waals surface area contributed by atoms with Crippen LogP contribution >= 0.6 is 0 Å². The van der Waals surface area contributed by atoms with E-state index in [4.69, 9.17) is 0 Å². The topological polar surface area (TPSA) is 79.5 Å². The first-order valence-corrected chi connectivity index (χ1v) is 7.72. The van der Waals surface area contributed by atoms with E-state index in [-0.39, 0.29) is 11.5 Å². The van der Waals surface area contributed by atoms with Crippen LogP contribution in [0.3, 0.4) is 0 Å². The largest absolute Gasteiger partial charge is 0.381 e. The first-order valence-electron chi connectivity index (χ1n) is 7.72. The van der Waals surface area contributed by atoms with Gasteiger partial charge in [0.2, 0.25) is 0 Å². The lowest BCUT2D eigenvalue weighted by molar-refractivity contribution is -0.383. The van der Waals surface area contributed by atoms with E-state index in [0.717, 1.165) is 5.69 Å². The van der Waals surface area contributed by atoms with Crippen LogP contribution in [0.4, 0.5) is 15.8 Å². The summed E-state index contributed by atoms with van der Waals surface area (Å²) in [5.41, 5.74) is 0.392. The SMILES string of the molecule is O=[N+]([O-])c1ccc(N2CC(O)(c3ccc(F)cc3)C2)c2ccncc12. The van der Waals surface area contributed by atoms with Crippen molar-refractivity contribution in [3.8, 4) is 0 Å². The number of β-amino-alcohol motifs (C(OH)–C–C–N with tert-alkyl or cyclic N) is 1.